The lowest BCUT2D eigenvalue weighted by Crippen LogP contribution is -2.68. The van der Waals surface area contributed by atoms with Gasteiger partial charge >= 0.3 is 5.97 Å². The van der Waals surface area contributed by atoms with Gasteiger partial charge < -0.3 is 45.2 Å². The van der Waals surface area contributed by atoms with Crippen molar-refractivity contribution in [2.45, 2.75) is 136 Å². The maximum atomic E-state index is 13.8. The van der Waals surface area contributed by atoms with Crippen molar-refractivity contribution in [3.05, 3.63) is 11.6 Å². The van der Waals surface area contributed by atoms with E-state index in [0.717, 1.165) is 44.1 Å². The molecule has 1 aliphatic heterocycles. The summed E-state index contributed by atoms with van der Waals surface area (Å²) in [5.41, 5.74) is -1.73. The molecule has 6 aliphatic rings. The van der Waals surface area contributed by atoms with Crippen molar-refractivity contribution in [2.75, 3.05) is 19.8 Å². The van der Waals surface area contributed by atoms with Gasteiger partial charge in [-0.1, -0.05) is 46.3 Å². The van der Waals surface area contributed by atoms with Crippen LogP contribution in [0.2, 0.25) is 0 Å². The molecule has 0 amide bonds. The van der Waals surface area contributed by atoms with Crippen molar-refractivity contribution in [3.8, 4) is 0 Å². The molecule has 0 spiro atoms. The molecule has 262 valence electrons. The molecule has 5 aliphatic carbocycles. The SMILES string of the molecule is CC1(CO)CCC2(CO)CCC3(C(=O)O)C(=CCC4C5(C)CCC(OC6OC(CO)C(O)C(O)C6O)C(C)(C)C5CCC43C)C2C1. The van der Waals surface area contributed by atoms with Crippen LogP contribution in [-0.4, -0.2) is 98.3 Å². The number of fused-ring (bicyclic) bond motifs is 7. The molecule has 14 atom stereocenters. The molecule has 0 aromatic heterocycles. The van der Waals surface area contributed by atoms with Crippen LogP contribution in [0.1, 0.15) is 98.8 Å². The van der Waals surface area contributed by atoms with Gasteiger partial charge in [-0.2, -0.15) is 0 Å². The predicted molar refractivity (Wildman–Crippen MR) is 168 cm³/mol. The topological polar surface area (TPSA) is 177 Å². The van der Waals surface area contributed by atoms with E-state index in [1.807, 2.05) is 0 Å². The van der Waals surface area contributed by atoms with Gasteiger partial charge in [-0.15, -0.1) is 0 Å². The van der Waals surface area contributed by atoms with Crippen molar-refractivity contribution in [3.63, 3.8) is 0 Å². The fourth-order valence-electron chi connectivity index (χ4n) is 12.4. The predicted octanol–water partition coefficient (Wildman–Crippen LogP) is 3.00. The lowest BCUT2D eigenvalue weighted by molar-refractivity contribution is -0.330. The first kappa shape index (κ1) is 34.7. The molecule has 0 aromatic rings. The van der Waals surface area contributed by atoms with E-state index in [-0.39, 0.29) is 58.7 Å². The van der Waals surface area contributed by atoms with E-state index in [1.165, 1.54) is 0 Å². The summed E-state index contributed by atoms with van der Waals surface area (Å²) in [5, 5.41) is 73.5. The maximum absolute atomic E-state index is 13.8. The monoisotopic (exact) mass is 650 g/mol. The average molecular weight is 651 g/mol. The number of hydrogen-bond acceptors (Lipinski definition) is 9. The van der Waals surface area contributed by atoms with Crippen LogP contribution in [0.4, 0.5) is 0 Å². The fraction of sp³-hybridized carbons (Fsp3) is 0.917. The summed E-state index contributed by atoms with van der Waals surface area (Å²) in [4.78, 5) is 13.8. The summed E-state index contributed by atoms with van der Waals surface area (Å²) in [6.45, 7) is 10.6. The number of aliphatic hydroxyl groups is 6. The van der Waals surface area contributed by atoms with Gasteiger partial charge in [0.15, 0.2) is 6.29 Å². The minimum absolute atomic E-state index is 0.0379. The summed E-state index contributed by atoms with van der Waals surface area (Å²) in [6, 6.07) is 0. The van der Waals surface area contributed by atoms with E-state index in [9.17, 15) is 40.5 Å². The van der Waals surface area contributed by atoms with Gasteiger partial charge in [0, 0.05) is 18.6 Å². The van der Waals surface area contributed by atoms with Crippen molar-refractivity contribution < 1.29 is 50.0 Å². The Labute approximate surface area is 273 Å². The highest BCUT2D eigenvalue weighted by Crippen LogP contribution is 2.76. The standard InChI is InChI=1S/C36H58O10/c1-31(2)23-8-11-34(5)24(33(23,4)10-9-25(31)46-29-28(42)27(41)26(40)22(17-37)45-29)7-6-20-21-16-32(3,18-38)12-13-35(21,19-39)14-15-36(20,34)30(43)44/h6,21-29,37-42H,7-19H2,1-5H3,(H,43,44). The van der Waals surface area contributed by atoms with Crippen molar-refractivity contribution in [1.29, 1.82) is 0 Å². The van der Waals surface area contributed by atoms with E-state index in [0.29, 0.717) is 25.7 Å². The average Bonchev–Trinajstić information content (AvgIpc) is 3.02. The molecule has 7 N–H and O–H groups in total. The molecular weight excluding hydrogens is 592 g/mol. The van der Waals surface area contributed by atoms with Gasteiger partial charge in [0.25, 0.3) is 0 Å². The molecule has 1 saturated heterocycles. The smallest absolute Gasteiger partial charge is 0.314 e. The number of allylic oxidation sites excluding steroid dienone is 1. The second-order valence-electron chi connectivity index (χ2n) is 17.6. The molecule has 4 saturated carbocycles. The molecule has 6 rings (SSSR count). The number of carbonyl (C=O) groups is 1. The van der Waals surface area contributed by atoms with Gasteiger partial charge in [-0.25, -0.2) is 0 Å². The molecule has 10 nitrogen and oxygen atoms in total. The van der Waals surface area contributed by atoms with Crippen LogP contribution in [0.15, 0.2) is 11.6 Å². The molecule has 46 heavy (non-hydrogen) atoms. The Morgan fingerprint density at radius 2 is 1.57 bits per heavy atom. The van der Waals surface area contributed by atoms with E-state index in [4.69, 9.17) is 9.47 Å². The van der Waals surface area contributed by atoms with Gasteiger partial charge in [-0.05, 0) is 104 Å². The first-order chi connectivity index (χ1) is 21.5. The van der Waals surface area contributed by atoms with Gasteiger partial charge in [0.2, 0.25) is 0 Å². The molecule has 0 radical (unpaired) electrons. The Morgan fingerprint density at radius 3 is 2.20 bits per heavy atom. The molecule has 10 heteroatoms. The molecule has 0 bridgehead atoms. The summed E-state index contributed by atoms with van der Waals surface area (Å²) >= 11 is 0. The van der Waals surface area contributed by atoms with Gasteiger partial charge in [0.05, 0.1) is 18.1 Å². The zero-order chi connectivity index (χ0) is 33.7. The lowest BCUT2D eigenvalue weighted by atomic mass is 9.33. The second-order valence-corrected chi connectivity index (χ2v) is 17.6. The zero-order valence-corrected chi connectivity index (χ0v) is 28.3. The van der Waals surface area contributed by atoms with Crippen LogP contribution >= 0.6 is 0 Å². The number of hydrogen-bond donors (Lipinski definition) is 7. The third-order valence-corrected chi connectivity index (χ3v) is 15.3. The number of rotatable bonds is 6. The summed E-state index contributed by atoms with van der Waals surface area (Å²) in [6.07, 6.45) is 2.57. The highest BCUT2D eigenvalue weighted by molar-refractivity contribution is 5.81. The number of ether oxygens (including phenoxy) is 2. The Morgan fingerprint density at radius 1 is 0.870 bits per heavy atom. The van der Waals surface area contributed by atoms with Crippen molar-refractivity contribution in [1.82, 2.24) is 0 Å². The maximum Gasteiger partial charge on any atom is 0.314 e. The Hall–Kier alpha value is -1.11. The molecule has 5 fully saturated rings. The van der Waals surface area contributed by atoms with Gasteiger partial charge in [-0.3, -0.25) is 4.79 Å². The minimum atomic E-state index is -1.50. The fourth-order valence-corrected chi connectivity index (χ4v) is 12.4. The number of aliphatic hydroxyl groups excluding tert-OH is 6. The quantitative estimate of drug-likeness (QED) is 0.167. The van der Waals surface area contributed by atoms with Crippen LogP contribution in [0.3, 0.4) is 0 Å². The van der Waals surface area contributed by atoms with Crippen LogP contribution in [0.25, 0.3) is 0 Å². The molecule has 14 unspecified atom stereocenters. The molecular formula is C36H58O10. The normalized spacial score (nSPS) is 53.2. The minimum Gasteiger partial charge on any atom is -0.481 e. The Kier molecular flexibility index (Phi) is 8.66. The van der Waals surface area contributed by atoms with E-state index < -0.39 is 54.1 Å². The van der Waals surface area contributed by atoms with Crippen molar-refractivity contribution >= 4 is 5.97 Å². The highest BCUT2D eigenvalue weighted by Gasteiger charge is 2.72. The largest absolute Gasteiger partial charge is 0.481 e. The van der Waals surface area contributed by atoms with Crippen LogP contribution in [0, 0.1) is 50.2 Å². The first-order valence-corrected chi connectivity index (χ1v) is 17.6. The van der Waals surface area contributed by atoms with E-state index >= 15 is 0 Å². The lowest BCUT2D eigenvalue weighted by Gasteiger charge is -2.71. The number of aliphatic carboxylic acids is 1. The third-order valence-electron chi connectivity index (χ3n) is 15.3. The van der Waals surface area contributed by atoms with Crippen LogP contribution in [-0.2, 0) is 14.3 Å². The summed E-state index contributed by atoms with van der Waals surface area (Å²) in [5.74, 6) is -0.527. The zero-order valence-electron chi connectivity index (χ0n) is 28.3. The van der Waals surface area contributed by atoms with E-state index in [1.54, 1.807) is 0 Å². The van der Waals surface area contributed by atoms with Crippen molar-refractivity contribution in [2.24, 2.45) is 50.2 Å². The Bertz CT molecular complexity index is 1220. The summed E-state index contributed by atoms with van der Waals surface area (Å²) < 4.78 is 12.2. The van der Waals surface area contributed by atoms with E-state index in [2.05, 4.69) is 40.7 Å². The molecule has 1 heterocycles. The molecule has 0 aromatic carbocycles. The number of carboxylic acid groups (broad SMARTS) is 1. The summed E-state index contributed by atoms with van der Waals surface area (Å²) in [7, 11) is 0. The van der Waals surface area contributed by atoms with Gasteiger partial charge in [0.1, 0.15) is 24.4 Å². The second kappa shape index (κ2) is 11.5. The Balaban J connectivity index is 1.33. The third kappa shape index (κ3) is 4.60. The first-order valence-electron chi connectivity index (χ1n) is 17.6. The number of carboxylic acids is 1. The highest BCUT2D eigenvalue weighted by atomic mass is 16.7. The van der Waals surface area contributed by atoms with Crippen LogP contribution < -0.4 is 0 Å². The van der Waals surface area contributed by atoms with Crippen LogP contribution in [0.5, 0.6) is 0 Å².